The van der Waals surface area contributed by atoms with Gasteiger partial charge < -0.3 is 4.42 Å². The fraction of sp³-hybridized carbons (Fsp3) is 0. The number of rotatable bonds is 3. The number of ketones is 2. The van der Waals surface area contributed by atoms with Gasteiger partial charge in [0, 0.05) is 27.4 Å². The number of fused-ring (bicyclic) bond motifs is 3. The molecular weight excluding hydrogens is 486 g/mol. The average Bonchev–Trinajstić information content (AvgIpc) is 3.55. The number of carbonyl (C=O) groups excluding carboxylic acids is 2. The molecule has 0 aliphatic heterocycles. The van der Waals surface area contributed by atoms with E-state index in [1.807, 2.05) is 66.7 Å². The fourth-order valence-corrected chi connectivity index (χ4v) is 4.82. The van der Waals surface area contributed by atoms with Crippen LogP contribution in [0.1, 0.15) is 26.5 Å². The smallest absolute Gasteiger partial charge is 0.267 e. The summed E-state index contributed by atoms with van der Waals surface area (Å²) in [7, 11) is 0. The summed E-state index contributed by atoms with van der Waals surface area (Å²) < 4.78 is 7.77. The van der Waals surface area contributed by atoms with Crippen LogP contribution in [0.15, 0.2) is 101 Å². The van der Waals surface area contributed by atoms with Gasteiger partial charge in [-0.15, -0.1) is 0 Å². The zero-order valence-electron chi connectivity index (χ0n) is 19.2. The van der Waals surface area contributed by atoms with Gasteiger partial charge in [-0.05, 0) is 65.4 Å². The van der Waals surface area contributed by atoms with Crippen LogP contribution in [0.5, 0.6) is 0 Å². The van der Waals surface area contributed by atoms with Gasteiger partial charge in [-0.3, -0.25) is 14.2 Å². The Bertz CT molecular complexity index is 1860. The van der Waals surface area contributed by atoms with E-state index in [0.29, 0.717) is 39.2 Å². The van der Waals surface area contributed by atoms with Gasteiger partial charge in [0.2, 0.25) is 11.5 Å². The molecule has 2 aromatic heterocycles. The van der Waals surface area contributed by atoms with E-state index in [1.165, 1.54) is 6.08 Å². The SMILES string of the molecule is O=C1C(=Cc2nc3oc(-c4ccc(Cl)cc4)nc3n2-c2ccccc2)C(=O)c2cc3ccccc3cc21. The molecule has 1 aliphatic rings. The summed E-state index contributed by atoms with van der Waals surface area (Å²) in [6, 6.07) is 27.9. The van der Waals surface area contributed by atoms with Gasteiger partial charge in [0.25, 0.3) is 5.71 Å². The number of allylic oxidation sites excluding steroid dienone is 1. The number of halogens is 1. The zero-order chi connectivity index (χ0) is 25.1. The van der Waals surface area contributed by atoms with Gasteiger partial charge in [-0.1, -0.05) is 54.1 Å². The quantitative estimate of drug-likeness (QED) is 0.194. The molecule has 0 radical (unpaired) electrons. The number of benzene rings is 4. The molecular formula is C30H16ClN3O3. The van der Waals surface area contributed by atoms with E-state index in [1.54, 1.807) is 28.8 Å². The highest BCUT2D eigenvalue weighted by Crippen LogP contribution is 2.33. The molecule has 37 heavy (non-hydrogen) atoms. The Kier molecular flexibility index (Phi) is 4.71. The monoisotopic (exact) mass is 501 g/mol. The molecule has 1 aliphatic carbocycles. The Morgan fingerprint density at radius 1 is 0.757 bits per heavy atom. The molecule has 0 bridgehead atoms. The predicted molar refractivity (Wildman–Crippen MR) is 142 cm³/mol. The summed E-state index contributed by atoms with van der Waals surface area (Å²) in [5.41, 5.74) is 3.16. The lowest BCUT2D eigenvalue weighted by molar-refractivity contribution is 0.0990. The number of nitrogens with zero attached hydrogens (tertiary/aromatic N) is 3. The number of hydrogen-bond acceptors (Lipinski definition) is 5. The lowest BCUT2D eigenvalue weighted by Gasteiger charge is -2.05. The number of hydrogen-bond donors (Lipinski definition) is 0. The van der Waals surface area contributed by atoms with E-state index in [2.05, 4.69) is 4.98 Å². The van der Waals surface area contributed by atoms with E-state index in [-0.39, 0.29) is 17.1 Å². The van der Waals surface area contributed by atoms with Gasteiger partial charge in [0.05, 0.1) is 5.57 Å². The van der Waals surface area contributed by atoms with Crippen molar-refractivity contribution < 1.29 is 14.0 Å². The van der Waals surface area contributed by atoms with Crippen molar-refractivity contribution in [2.45, 2.75) is 0 Å². The molecule has 0 amide bonds. The van der Waals surface area contributed by atoms with Crippen molar-refractivity contribution in [1.29, 1.82) is 0 Å². The summed E-state index contributed by atoms with van der Waals surface area (Å²) >= 11 is 6.02. The van der Waals surface area contributed by atoms with Crippen molar-refractivity contribution in [1.82, 2.24) is 14.5 Å². The number of Topliss-reactive ketones (excluding diaryl/α,β-unsaturated/α-hetero) is 2. The van der Waals surface area contributed by atoms with Crippen LogP contribution in [0.3, 0.4) is 0 Å². The number of oxazole rings is 1. The van der Waals surface area contributed by atoms with E-state index in [9.17, 15) is 9.59 Å². The molecule has 0 unspecified atom stereocenters. The first-order valence-electron chi connectivity index (χ1n) is 11.6. The average molecular weight is 502 g/mol. The molecule has 7 rings (SSSR count). The second-order valence-corrected chi connectivity index (χ2v) is 9.19. The zero-order valence-corrected chi connectivity index (χ0v) is 19.9. The van der Waals surface area contributed by atoms with Crippen molar-refractivity contribution in [3.8, 4) is 17.1 Å². The van der Waals surface area contributed by atoms with Crippen molar-refractivity contribution in [3.63, 3.8) is 0 Å². The van der Waals surface area contributed by atoms with E-state index in [4.69, 9.17) is 21.0 Å². The van der Waals surface area contributed by atoms with Gasteiger partial charge in [-0.2, -0.15) is 9.97 Å². The molecule has 7 heteroatoms. The Balaban J connectivity index is 1.39. The minimum Gasteiger partial charge on any atom is -0.416 e. The van der Waals surface area contributed by atoms with Crippen molar-refractivity contribution in [3.05, 3.63) is 119 Å². The van der Waals surface area contributed by atoms with Gasteiger partial charge >= 0.3 is 0 Å². The van der Waals surface area contributed by atoms with Crippen LogP contribution in [-0.2, 0) is 0 Å². The van der Waals surface area contributed by atoms with Crippen LogP contribution >= 0.6 is 11.6 Å². The Hall–Kier alpha value is -4.81. The summed E-state index contributed by atoms with van der Waals surface area (Å²) in [5.74, 6) is 0.133. The third-order valence-electron chi connectivity index (χ3n) is 6.49. The van der Waals surface area contributed by atoms with Crippen molar-refractivity contribution in [2.24, 2.45) is 0 Å². The van der Waals surface area contributed by atoms with Crippen LogP contribution in [0.2, 0.25) is 5.02 Å². The first kappa shape index (κ1) is 21.5. The maximum atomic E-state index is 13.3. The number of aromatic nitrogens is 3. The minimum atomic E-state index is -0.320. The molecule has 0 atom stereocenters. The molecule has 4 aromatic carbocycles. The third-order valence-corrected chi connectivity index (χ3v) is 6.74. The first-order chi connectivity index (χ1) is 18.1. The van der Waals surface area contributed by atoms with Gasteiger partial charge in [-0.25, -0.2) is 0 Å². The number of para-hydroxylation sites is 1. The topological polar surface area (TPSA) is 78.0 Å². The molecule has 0 N–H and O–H groups in total. The predicted octanol–water partition coefficient (Wildman–Crippen LogP) is 6.95. The maximum Gasteiger partial charge on any atom is 0.267 e. The van der Waals surface area contributed by atoms with Crippen molar-refractivity contribution >= 4 is 51.4 Å². The third kappa shape index (κ3) is 3.42. The fourth-order valence-electron chi connectivity index (χ4n) is 4.70. The Labute approximate surface area is 215 Å². The molecule has 2 heterocycles. The number of imidazole rings is 1. The molecule has 0 saturated carbocycles. The summed E-state index contributed by atoms with van der Waals surface area (Å²) in [6.45, 7) is 0. The van der Waals surface area contributed by atoms with Gasteiger partial charge in [0.15, 0.2) is 11.6 Å². The normalized spacial score (nSPS) is 13.1. The largest absolute Gasteiger partial charge is 0.416 e. The lowest BCUT2D eigenvalue weighted by Crippen LogP contribution is -2.04. The first-order valence-corrected chi connectivity index (χ1v) is 12.0. The highest BCUT2D eigenvalue weighted by molar-refractivity contribution is 6.42. The highest BCUT2D eigenvalue weighted by atomic mass is 35.5. The molecule has 176 valence electrons. The molecule has 0 spiro atoms. The molecule has 0 fully saturated rings. The van der Waals surface area contributed by atoms with E-state index >= 15 is 0 Å². The molecule has 6 nitrogen and oxygen atoms in total. The van der Waals surface area contributed by atoms with Crippen LogP contribution in [0.4, 0.5) is 0 Å². The summed E-state index contributed by atoms with van der Waals surface area (Å²) in [5, 5.41) is 2.43. The second-order valence-electron chi connectivity index (χ2n) is 8.76. The van der Waals surface area contributed by atoms with E-state index in [0.717, 1.165) is 22.0 Å². The minimum absolute atomic E-state index is 0.0630. The van der Waals surface area contributed by atoms with Crippen LogP contribution in [0, 0.1) is 0 Å². The molecule has 0 saturated heterocycles. The number of carbonyl (C=O) groups is 2. The second kappa shape index (κ2) is 8.11. The molecule has 6 aromatic rings. The highest BCUT2D eigenvalue weighted by Gasteiger charge is 2.34. The van der Waals surface area contributed by atoms with Crippen LogP contribution in [-0.4, -0.2) is 26.1 Å². The Morgan fingerprint density at radius 2 is 1.38 bits per heavy atom. The Morgan fingerprint density at radius 3 is 2.03 bits per heavy atom. The van der Waals surface area contributed by atoms with Gasteiger partial charge in [0.1, 0.15) is 5.82 Å². The maximum absolute atomic E-state index is 13.3. The van der Waals surface area contributed by atoms with Crippen LogP contribution < -0.4 is 0 Å². The van der Waals surface area contributed by atoms with Crippen LogP contribution in [0.25, 0.3) is 45.4 Å². The standard InChI is InChI=1S/C30H16ClN3O3/c31-20-12-10-17(11-13-20)29-33-28-30(37-29)32-25(34(28)21-8-2-1-3-9-21)16-24-26(35)22-14-18-6-4-5-7-19(18)15-23(22)27(24)36/h1-16H. The van der Waals surface area contributed by atoms with Crippen molar-refractivity contribution in [2.75, 3.05) is 0 Å². The lowest BCUT2D eigenvalue weighted by atomic mass is 10.0. The summed E-state index contributed by atoms with van der Waals surface area (Å²) in [6.07, 6.45) is 1.53. The van der Waals surface area contributed by atoms with E-state index < -0.39 is 0 Å². The summed E-state index contributed by atoms with van der Waals surface area (Å²) in [4.78, 5) is 36.0.